The van der Waals surface area contributed by atoms with E-state index in [1.807, 2.05) is 24.8 Å². The van der Waals surface area contributed by atoms with Crippen LogP contribution in [-0.2, 0) is 0 Å². The third kappa shape index (κ3) is 45.2. The van der Waals surface area contributed by atoms with Gasteiger partial charge < -0.3 is 0 Å². The summed E-state index contributed by atoms with van der Waals surface area (Å²) in [7, 11) is 0. The van der Waals surface area contributed by atoms with Crippen LogP contribution < -0.4 is 0 Å². The average molecular weight is 417 g/mol. The maximum absolute atomic E-state index is 4.11. The molecule has 0 amide bonds. The molecule has 0 bridgehead atoms. The number of nitrogens with zero attached hydrogens (tertiary/aromatic N) is 2. The molecule has 0 heterocycles. The topological polar surface area (TPSA) is 24.7 Å². The minimum Gasteiger partial charge on any atom is -0.269 e. The van der Waals surface area contributed by atoms with Crippen LogP contribution in [0.4, 0.5) is 0 Å². The first-order chi connectivity index (χ1) is 13.9. The van der Waals surface area contributed by atoms with Crippen LogP contribution in [0.25, 0.3) is 0 Å². The average Bonchev–Trinajstić information content (AvgIpc) is 2.60. The summed E-state index contributed by atoms with van der Waals surface area (Å²) in [5.74, 6) is 3.64. The minimum atomic E-state index is 0.553. The van der Waals surface area contributed by atoms with Crippen molar-refractivity contribution in [3.8, 4) is 0 Å². The molecule has 0 aliphatic heterocycles. The SMILES string of the molecule is CC(C)/C=C\C=C/C(C)C.CC(C)C=N/C=C\C(C)C.CC(C)C=N/C=C\C(C)C. The molecule has 0 N–H and O–H groups in total. The maximum Gasteiger partial charge on any atom is 0.0226 e. The largest absolute Gasteiger partial charge is 0.269 e. The van der Waals surface area contributed by atoms with E-state index >= 15 is 0 Å². The van der Waals surface area contributed by atoms with Crippen molar-refractivity contribution >= 4 is 12.4 Å². The fourth-order valence-electron chi connectivity index (χ4n) is 1.46. The van der Waals surface area contributed by atoms with Crippen molar-refractivity contribution in [3.05, 3.63) is 48.9 Å². The molecule has 0 saturated heterocycles. The summed E-state index contributed by atoms with van der Waals surface area (Å²) in [6.07, 6.45) is 20.4. The predicted molar refractivity (Wildman–Crippen MR) is 143 cm³/mol. The fourth-order valence-corrected chi connectivity index (χ4v) is 1.46. The van der Waals surface area contributed by atoms with E-state index in [9.17, 15) is 0 Å². The summed E-state index contributed by atoms with van der Waals surface area (Å²) in [6, 6.07) is 0. The summed E-state index contributed by atoms with van der Waals surface area (Å²) in [5, 5.41) is 0. The monoisotopic (exact) mass is 416 g/mol. The number of aliphatic imine (C=N–C) groups is 2. The minimum absolute atomic E-state index is 0.553. The maximum atomic E-state index is 4.11. The van der Waals surface area contributed by atoms with Crippen molar-refractivity contribution in [3.63, 3.8) is 0 Å². The Bertz CT molecular complexity index is 387. The first-order valence-electron chi connectivity index (χ1n) is 11.6. The normalized spacial score (nSPS) is 13.0. The Balaban J connectivity index is -0.000000364. The van der Waals surface area contributed by atoms with Crippen LogP contribution in [0, 0.1) is 35.5 Å². The van der Waals surface area contributed by atoms with E-state index < -0.39 is 0 Å². The van der Waals surface area contributed by atoms with Crippen molar-refractivity contribution < 1.29 is 0 Å². The molecule has 0 fully saturated rings. The van der Waals surface area contributed by atoms with E-state index in [4.69, 9.17) is 0 Å². The quantitative estimate of drug-likeness (QED) is 0.264. The first-order valence-corrected chi connectivity index (χ1v) is 11.6. The van der Waals surface area contributed by atoms with E-state index in [2.05, 4.69) is 130 Å². The van der Waals surface area contributed by atoms with Crippen molar-refractivity contribution in [2.24, 2.45) is 45.5 Å². The van der Waals surface area contributed by atoms with Gasteiger partial charge in [-0.1, -0.05) is 120 Å². The van der Waals surface area contributed by atoms with Gasteiger partial charge in [0.05, 0.1) is 0 Å². The second-order valence-electron chi connectivity index (χ2n) is 9.51. The van der Waals surface area contributed by atoms with Crippen molar-refractivity contribution in [2.45, 2.75) is 83.1 Å². The van der Waals surface area contributed by atoms with Gasteiger partial charge in [0.2, 0.25) is 0 Å². The third-order valence-corrected chi connectivity index (χ3v) is 2.99. The first kappa shape index (κ1) is 33.0. The zero-order valence-corrected chi connectivity index (χ0v) is 22.1. The number of allylic oxidation sites excluding steroid dienone is 6. The van der Waals surface area contributed by atoms with Gasteiger partial charge in [0, 0.05) is 24.8 Å². The fraction of sp³-hybridized carbons (Fsp3) is 0.643. The lowest BCUT2D eigenvalue weighted by atomic mass is 10.2. The molecule has 0 aromatic rings. The van der Waals surface area contributed by atoms with Gasteiger partial charge in [0.1, 0.15) is 0 Å². The van der Waals surface area contributed by atoms with E-state index in [1.165, 1.54) is 0 Å². The van der Waals surface area contributed by atoms with Gasteiger partial charge >= 0.3 is 0 Å². The van der Waals surface area contributed by atoms with E-state index in [0.29, 0.717) is 35.5 Å². The highest BCUT2D eigenvalue weighted by Gasteiger charge is 1.84. The van der Waals surface area contributed by atoms with Crippen LogP contribution in [0.3, 0.4) is 0 Å². The highest BCUT2D eigenvalue weighted by Crippen LogP contribution is 1.97. The van der Waals surface area contributed by atoms with Gasteiger partial charge in [-0.25, -0.2) is 0 Å². The zero-order chi connectivity index (χ0) is 23.9. The Morgan fingerprint density at radius 1 is 0.367 bits per heavy atom. The van der Waals surface area contributed by atoms with Crippen molar-refractivity contribution in [1.82, 2.24) is 0 Å². The molecule has 0 rings (SSSR count). The lowest BCUT2D eigenvalue weighted by molar-refractivity contribution is 0.825. The van der Waals surface area contributed by atoms with Crippen LogP contribution in [0.1, 0.15) is 83.1 Å². The van der Waals surface area contributed by atoms with Gasteiger partial charge in [-0.05, 0) is 35.5 Å². The molecule has 174 valence electrons. The third-order valence-electron chi connectivity index (χ3n) is 2.99. The standard InChI is InChI=1S/C10H18.2C9H17N/c1-9(2)7-5-6-8-10(3)4;2*1-8(2)5-6-10-7-9(3)4/h5-10H,1-4H3;2*5-9H,1-4H3/b7-5-,8-6-;2*6-5-,10-7?. The molecule has 0 radical (unpaired) electrons. The molecule has 0 saturated carbocycles. The van der Waals surface area contributed by atoms with Crippen LogP contribution in [0.5, 0.6) is 0 Å². The summed E-state index contributed by atoms with van der Waals surface area (Å²) in [5.41, 5.74) is 0. The molecule has 2 nitrogen and oxygen atoms in total. The molecule has 0 atom stereocenters. The van der Waals surface area contributed by atoms with Crippen LogP contribution in [0.2, 0.25) is 0 Å². The lowest BCUT2D eigenvalue weighted by Gasteiger charge is -1.91. The van der Waals surface area contributed by atoms with Gasteiger partial charge in [-0.3, -0.25) is 9.98 Å². The molecule has 0 aromatic heterocycles. The molecule has 0 aliphatic carbocycles. The Kier molecular flexibility index (Phi) is 25.9. The van der Waals surface area contributed by atoms with E-state index in [1.54, 1.807) is 0 Å². The van der Waals surface area contributed by atoms with Gasteiger partial charge in [0.15, 0.2) is 0 Å². The Morgan fingerprint density at radius 2 is 0.633 bits per heavy atom. The lowest BCUT2D eigenvalue weighted by Crippen LogP contribution is -1.85. The molecule has 0 aliphatic rings. The Labute approximate surface area is 190 Å². The number of hydrogen-bond donors (Lipinski definition) is 0. The van der Waals surface area contributed by atoms with Crippen LogP contribution in [-0.4, -0.2) is 12.4 Å². The molecule has 30 heavy (non-hydrogen) atoms. The summed E-state index contributed by atoms with van der Waals surface area (Å²) in [4.78, 5) is 8.21. The summed E-state index contributed by atoms with van der Waals surface area (Å²) >= 11 is 0. The van der Waals surface area contributed by atoms with Gasteiger partial charge in [-0.2, -0.15) is 0 Å². The Hall–Kier alpha value is -1.70. The molecule has 0 unspecified atom stereocenters. The highest BCUT2D eigenvalue weighted by molar-refractivity contribution is 5.60. The molecular formula is C28H52N2. The summed E-state index contributed by atoms with van der Waals surface area (Å²) in [6.45, 7) is 25.8. The molecule has 0 spiro atoms. The molecular weight excluding hydrogens is 364 g/mol. The Morgan fingerprint density at radius 3 is 0.833 bits per heavy atom. The predicted octanol–water partition coefficient (Wildman–Crippen LogP) is 9.18. The second-order valence-corrected chi connectivity index (χ2v) is 9.51. The smallest absolute Gasteiger partial charge is 0.0226 e. The van der Waals surface area contributed by atoms with E-state index in [-0.39, 0.29) is 0 Å². The number of rotatable bonds is 9. The van der Waals surface area contributed by atoms with Gasteiger partial charge in [-0.15, -0.1) is 0 Å². The zero-order valence-electron chi connectivity index (χ0n) is 22.1. The van der Waals surface area contributed by atoms with Crippen molar-refractivity contribution in [1.29, 1.82) is 0 Å². The summed E-state index contributed by atoms with van der Waals surface area (Å²) < 4.78 is 0. The van der Waals surface area contributed by atoms with Crippen LogP contribution >= 0.6 is 0 Å². The second kappa shape index (κ2) is 23.6. The van der Waals surface area contributed by atoms with E-state index in [0.717, 1.165) is 0 Å². The van der Waals surface area contributed by atoms with Crippen molar-refractivity contribution in [2.75, 3.05) is 0 Å². The van der Waals surface area contributed by atoms with Gasteiger partial charge in [0.25, 0.3) is 0 Å². The number of hydrogen-bond acceptors (Lipinski definition) is 2. The molecule has 2 heteroatoms. The molecule has 0 aromatic carbocycles. The van der Waals surface area contributed by atoms with Crippen LogP contribution in [0.15, 0.2) is 58.8 Å². The highest BCUT2D eigenvalue weighted by atomic mass is 14.7.